The van der Waals surface area contributed by atoms with E-state index < -0.39 is 0 Å². The molecular formula is C20H21N3O4S. The number of hydrogen-bond donors (Lipinski definition) is 0. The van der Waals surface area contributed by atoms with Crippen LogP contribution < -0.4 is 9.47 Å². The Morgan fingerprint density at radius 3 is 2.75 bits per heavy atom. The van der Waals surface area contributed by atoms with Crippen LogP contribution in [0.3, 0.4) is 0 Å². The molecule has 0 radical (unpaired) electrons. The van der Waals surface area contributed by atoms with Crippen LogP contribution in [-0.2, 0) is 11.3 Å². The molecule has 28 heavy (non-hydrogen) atoms. The second-order valence-electron chi connectivity index (χ2n) is 5.79. The van der Waals surface area contributed by atoms with E-state index in [1.807, 2.05) is 36.6 Å². The van der Waals surface area contributed by atoms with Crippen molar-refractivity contribution >= 4 is 23.3 Å². The summed E-state index contributed by atoms with van der Waals surface area (Å²) in [6.45, 7) is 2.68. The molecule has 0 bridgehead atoms. The Bertz CT molecular complexity index is 950. The summed E-state index contributed by atoms with van der Waals surface area (Å²) in [4.78, 5) is 19.5. The van der Waals surface area contributed by atoms with Crippen LogP contribution in [0.25, 0.3) is 16.8 Å². The third-order valence-electron chi connectivity index (χ3n) is 4.06. The first-order chi connectivity index (χ1) is 13.6. The molecule has 0 aliphatic heterocycles. The highest BCUT2D eigenvalue weighted by Crippen LogP contribution is 2.28. The molecule has 7 nitrogen and oxygen atoms in total. The second-order valence-corrected chi connectivity index (χ2v) is 6.74. The number of thiophene rings is 1. The van der Waals surface area contributed by atoms with Crippen LogP contribution in [0, 0.1) is 0 Å². The van der Waals surface area contributed by atoms with E-state index in [4.69, 9.17) is 14.0 Å². The molecule has 146 valence electrons. The molecule has 0 N–H and O–H groups in total. The molecular weight excluding hydrogens is 378 g/mol. The lowest BCUT2D eigenvalue weighted by atomic mass is 10.2. The van der Waals surface area contributed by atoms with Crippen molar-refractivity contribution in [2.45, 2.75) is 13.5 Å². The summed E-state index contributed by atoms with van der Waals surface area (Å²) >= 11 is 1.54. The van der Waals surface area contributed by atoms with Crippen LogP contribution in [0.15, 0.2) is 46.3 Å². The molecule has 0 fully saturated rings. The SMILES string of the molecule is CCN(Cc1nc(-c2cccs2)no1)C(=O)/C=C/c1ccc(OC)c(OC)c1. The van der Waals surface area contributed by atoms with Gasteiger partial charge in [0.15, 0.2) is 11.5 Å². The van der Waals surface area contributed by atoms with Crippen LogP contribution in [-0.4, -0.2) is 41.7 Å². The summed E-state index contributed by atoms with van der Waals surface area (Å²) in [5.41, 5.74) is 0.833. The number of aromatic nitrogens is 2. The number of hydrogen-bond acceptors (Lipinski definition) is 7. The maximum Gasteiger partial charge on any atom is 0.247 e. The Morgan fingerprint density at radius 1 is 1.25 bits per heavy atom. The molecule has 8 heteroatoms. The van der Waals surface area contributed by atoms with E-state index in [1.54, 1.807) is 31.3 Å². The van der Waals surface area contributed by atoms with E-state index in [0.717, 1.165) is 10.4 Å². The molecule has 0 atom stereocenters. The Morgan fingerprint density at radius 2 is 2.07 bits per heavy atom. The van der Waals surface area contributed by atoms with Crippen molar-refractivity contribution in [3.63, 3.8) is 0 Å². The van der Waals surface area contributed by atoms with Gasteiger partial charge in [-0.1, -0.05) is 17.3 Å². The van der Waals surface area contributed by atoms with E-state index in [9.17, 15) is 4.79 Å². The number of ether oxygens (including phenoxy) is 2. The van der Waals surface area contributed by atoms with Crippen LogP contribution in [0.4, 0.5) is 0 Å². The highest BCUT2D eigenvalue weighted by Gasteiger charge is 2.15. The van der Waals surface area contributed by atoms with Gasteiger partial charge in [-0.25, -0.2) is 0 Å². The largest absolute Gasteiger partial charge is 0.493 e. The van der Waals surface area contributed by atoms with E-state index in [2.05, 4.69) is 10.1 Å². The van der Waals surface area contributed by atoms with Gasteiger partial charge in [-0.15, -0.1) is 11.3 Å². The topological polar surface area (TPSA) is 77.7 Å². The Kier molecular flexibility index (Phi) is 6.44. The van der Waals surface area contributed by atoms with Gasteiger partial charge in [0.25, 0.3) is 0 Å². The number of rotatable bonds is 8. The summed E-state index contributed by atoms with van der Waals surface area (Å²) in [5, 5.41) is 5.93. The van der Waals surface area contributed by atoms with Crippen molar-refractivity contribution in [3.05, 3.63) is 53.2 Å². The Labute approximate surface area is 167 Å². The Balaban J connectivity index is 1.67. The molecule has 2 aromatic heterocycles. The number of nitrogens with zero attached hydrogens (tertiary/aromatic N) is 3. The van der Waals surface area contributed by atoms with Crippen molar-refractivity contribution in [3.8, 4) is 22.2 Å². The average Bonchev–Trinajstić information content (AvgIpc) is 3.41. The lowest BCUT2D eigenvalue weighted by Gasteiger charge is -2.16. The quantitative estimate of drug-likeness (QED) is 0.535. The molecule has 0 aliphatic carbocycles. The maximum atomic E-state index is 12.6. The number of amides is 1. The zero-order valence-electron chi connectivity index (χ0n) is 15.9. The normalized spacial score (nSPS) is 11.0. The summed E-state index contributed by atoms with van der Waals surface area (Å²) in [7, 11) is 3.15. The molecule has 1 aromatic carbocycles. The summed E-state index contributed by atoms with van der Waals surface area (Å²) in [6, 6.07) is 9.31. The van der Waals surface area contributed by atoms with Gasteiger partial charge in [0.05, 0.1) is 19.1 Å². The van der Waals surface area contributed by atoms with Gasteiger partial charge in [0, 0.05) is 12.6 Å². The van der Waals surface area contributed by atoms with E-state index in [0.29, 0.717) is 29.8 Å². The van der Waals surface area contributed by atoms with Gasteiger partial charge in [0.2, 0.25) is 17.6 Å². The molecule has 0 spiro atoms. The molecule has 0 saturated heterocycles. The third kappa shape index (κ3) is 4.58. The van der Waals surface area contributed by atoms with Crippen LogP contribution in [0.1, 0.15) is 18.4 Å². The average molecular weight is 399 g/mol. The van der Waals surface area contributed by atoms with Gasteiger partial charge in [0.1, 0.15) is 6.54 Å². The first-order valence-corrected chi connectivity index (χ1v) is 9.58. The third-order valence-corrected chi connectivity index (χ3v) is 4.92. The predicted molar refractivity (Wildman–Crippen MR) is 107 cm³/mol. The van der Waals surface area contributed by atoms with Crippen LogP contribution in [0.2, 0.25) is 0 Å². The van der Waals surface area contributed by atoms with E-state index in [-0.39, 0.29) is 12.5 Å². The molecule has 3 rings (SSSR count). The van der Waals surface area contributed by atoms with Gasteiger partial charge in [-0.2, -0.15) is 4.98 Å². The van der Waals surface area contributed by atoms with Crippen LogP contribution >= 0.6 is 11.3 Å². The molecule has 0 aliphatic rings. The Hall–Kier alpha value is -3.13. The van der Waals surface area contributed by atoms with Crippen LogP contribution in [0.5, 0.6) is 11.5 Å². The zero-order valence-corrected chi connectivity index (χ0v) is 16.7. The number of carbonyl (C=O) groups excluding carboxylic acids is 1. The van der Waals surface area contributed by atoms with E-state index >= 15 is 0 Å². The van der Waals surface area contributed by atoms with Crippen molar-refractivity contribution in [1.82, 2.24) is 15.0 Å². The molecule has 0 unspecified atom stereocenters. The molecule has 0 saturated carbocycles. The number of methoxy groups -OCH3 is 2. The molecule has 3 aromatic rings. The minimum Gasteiger partial charge on any atom is -0.493 e. The van der Waals surface area contributed by atoms with Gasteiger partial charge in [-0.3, -0.25) is 4.79 Å². The lowest BCUT2D eigenvalue weighted by Crippen LogP contribution is -2.28. The number of carbonyl (C=O) groups is 1. The summed E-state index contributed by atoms with van der Waals surface area (Å²) in [5.74, 6) is 2.04. The number of likely N-dealkylation sites (N-methyl/N-ethyl adjacent to an activating group) is 1. The highest BCUT2D eigenvalue weighted by molar-refractivity contribution is 7.13. The molecule has 1 amide bonds. The fourth-order valence-electron chi connectivity index (χ4n) is 2.56. The van der Waals surface area contributed by atoms with E-state index in [1.165, 1.54) is 17.4 Å². The highest BCUT2D eigenvalue weighted by atomic mass is 32.1. The van der Waals surface area contributed by atoms with Crippen molar-refractivity contribution in [2.75, 3.05) is 20.8 Å². The zero-order chi connectivity index (χ0) is 19.9. The van der Waals surface area contributed by atoms with Gasteiger partial charge < -0.3 is 18.9 Å². The van der Waals surface area contributed by atoms with Gasteiger partial charge >= 0.3 is 0 Å². The minimum absolute atomic E-state index is 0.145. The van der Waals surface area contributed by atoms with Crippen molar-refractivity contribution < 1.29 is 18.8 Å². The fourth-order valence-corrected chi connectivity index (χ4v) is 3.21. The molecule has 2 heterocycles. The first-order valence-electron chi connectivity index (χ1n) is 8.70. The smallest absolute Gasteiger partial charge is 0.247 e. The minimum atomic E-state index is -0.145. The fraction of sp³-hybridized carbons (Fsp3) is 0.250. The van der Waals surface area contributed by atoms with Crippen molar-refractivity contribution in [1.29, 1.82) is 0 Å². The predicted octanol–water partition coefficient (Wildman–Crippen LogP) is 3.88. The maximum absolute atomic E-state index is 12.6. The van der Waals surface area contributed by atoms with Gasteiger partial charge in [-0.05, 0) is 42.1 Å². The number of benzene rings is 1. The summed E-state index contributed by atoms with van der Waals surface area (Å²) in [6.07, 6.45) is 3.25. The van der Waals surface area contributed by atoms with Crippen molar-refractivity contribution in [2.24, 2.45) is 0 Å². The first kappa shape index (κ1) is 19.6. The monoisotopic (exact) mass is 399 g/mol. The lowest BCUT2D eigenvalue weighted by molar-refractivity contribution is -0.126. The summed E-state index contributed by atoms with van der Waals surface area (Å²) < 4.78 is 15.8. The second kappa shape index (κ2) is 9.18. The standard InChI is InChI=1S/C20H21N3O4S/c1-4-23(13-18-21-20(22-27-18)17-6-5-11-28-17)19(24)10-8-14-7-9-15(25-2)16(12-14)26-3/h5-12H,4,13H2,1-3H3/b10-8+.